The lowest BCUT2D eigenvalue weighted by Crippen LogP contribution is -2.11. The number of hydrogen-bond donors (Lipinski definition) is 0. The van der Waals surface area contributed by atoms with E-state index in [-0.39, 0.29) is 12.4 Å². The molecule has 2 rings (SSSR count). The number of aryl methyl sites for hydroxylation is 1. The lowest BCUT2D eigenvalue weighted by molar-refractivity contribution is -0.143. The Morgan fingerprint density at radius 2 is 2.13 bits per heavy atom. The highest BCUT2D eigenvalue weighted by atomic mass is 32.2. The summed E-state index contributed by atoms with van der Waals surface area (Å²) < 4.78 is 6.35. The Morgan fingerprint density at radius 3 is 2.83 bits per heavy atom. The first-order valence-corrected chi connectivity index (χ1v) is 9.61. The third-order valence-corrected chi connectivity index (χ3v) is 5.84. The molecule has 3 nitrogen and oxygen atoms in total. The van der Waals surface area contributed by atoms with Gasteiger partial charge in [0.25, 0.3) is 0 Å². The second-order valence-electron chi connectivity index (χ2n) is 5.65. The fourth-order valence-corrected chi connectivity index (χ4v) is 3.93. The lowest BCUT2D eigenvalue weighted by atomic mass is 10.1. The summed E-state index contributed by atoms with van der Waals surface area (Å²) in [5.41, 5.74) is 1.77. The molecule has 0 aliphatic carbocycles. The first-order chi connectivity index (χ1) is 11.1. The van der Waals surface area contributed by atoms with Gasteiger partial charge in [0.05, 0.1) is 18.7 Å². The van der Waals surface area contributed by atoms with Gasteiger partial charge in [-0.3, -0.25) is 4.79 Å². The molecule has 0 amide bonds. The number of esters is 1. The molecular formula is C18H23NO2S2. The topological polar surface area (TPSA) is 38.7 Å². The normalized spacial score (nSPS) is 13.1. The maximum Gasteiger partial charge on any atom is 0.310 e. The highest BCUT2D eigenvalue weighted by Gasteiger charge is 2.09. The largest absolute Gasteiger partial charge is 0.465 e. The van der Waals surface area contributed by atoms with Crippen LogP contribution in [0.25, 0.3) is 0 Å². The Balaban J connectivity index is 2.02. The predicted molar refractivity (Wildman–Crippen MR) is 97.3 cm³/mol. The van der Waals surface area contributed by atoms with E-state index in [0.29, 0.717) is 12.5 Å². The second kappa shape index (κ2) is 8.99. The summed E-state index contributed by atoms with van der Waals surface area (Å²) in [5, 5.41) is 2.09. The molecule has 124 valence electrons. The van der Waals surface area contributed by atoms with Crippen LogP contribution in [-0.4, -0.2) is 12.6 Å². The molecule has 0 fully saturated rings. The van der Waals surface area contributed by atoms with Gasteiger partial charge in [-0.15, -0.1) is 22.7 Å². The van der Waals surface area contributed by atoms with Crippen molar-refractivity contribution in [2.75, 3.05) is 6.61 Å². The van der Waals surface area contributed by atoms with E-state index in [9.17, 15) is 4.79 Å². The third-order valence-electron chi connectivity index (χ3n) is 3.68. The van der Waals surface area contributed by atoms with Gasteiger partial charge in [0.2, 0.25) is 0 Å². The van der Waals surface area contributed by atoms with Gasteiger partial charge in [0.1, 0.15) is 0 Å². The highest BCUT2D eigenvalue weighted by Crippen LogP contribution is 2.20. The van der Waals surface area contributed by atoms with E-state index >= 15 is 0 Å². The fraction of sp³-hybridized carbons (Fsp3) is 0.444. The molecule has 5 heteroatoms. The number of ether oxygens (including phenoxy) is 1. The Bertz CT molecular complexity index is 703. The zero-order valence-corrected chi connectivity index (χ0v) is 15.5. The predicted octanol–water partition coefficient (Wildman–Crippen LogP) is 4.87. The van der Waals surface area contributed by atoms with E-state index in [2.05, 4.69) is 31.1 Å². The maximum atomic E-state index is 12.0. The van der Waals surface area contributed by atoms with Crippen molar-refractivity contribution in [1.82, 2.24) is 0 Å². The lowest BCUT2D eigenvalue weighted by Gasteiger charge is -2.09. The van der Waals surface area contributed by atoms with Crippen LogP contribution in [0.15, 0.2) is 34.6 Å². The SMILES string of the molecule is CCC(C)CCOC(=O)Cc1ccccc1N=c1scc(C)s1. The van der Waals surface area contributed by atoms with Crippen molar-refractivity contribution in [3.8, 4) is 0 Å². The maximum absolute atomic E-state index is 12.0. The van der Waals surface area contributed by atoms with Crippen molar-refractivity contribution >= 4 is 34.3 Å². The number of carbonyl (C=O) groups excluding carboxylic acids is 1. The van der Waals surface area contributed by atoms with Gasteiger partial charge < -0.3 is 4.74 Å². The minimum atomic E-state index is -0.179. The zero-order chi connectivity index (χ0) is 16.7. The molecule has 0 radical (unpaired) electrons. The second-order valence-corrected chi connectivity index (χ2v) is 8.01. The van der Waals surface area contributed by atoms with E-state index in [1.54, 1.807) is 22.7 Å². The Morgan fingerprint density at radius 1 is 1.35 bits per heavy atom. The molecule has 0 saturated heterocycles. The molecule has 1 aromatic heterocycles. The Kier molecular flexibility index (Phi) is 6.99. The van der Waals surface area contributed by atoms with E-state index in [0.717, 1.165) is 28.1 Å². The molecule has 0 spiro atoms. The molecule has 0 N–H and O–H groups in total. The first kappa shape index (κ1) is 17.9. The monoisotopic (exact) mass is 349 g/mol. The van der Waals surface area contributed by atoms with Gasteiger partial charge in [-0.25, -0.2) is 4.99 Å². The van der Waals surface area contributed by atoms with Crippen LogP contribution in [0.2, 0.25) is 0 Å². The number of rotatable bonds is 7. The number of para-hydroxylation sites is 1. The van der Waals surface area contributed by atoms with Crippen LogP contribution in [0.1, 0.15) is 37.1 Å². The fourth-order valence-electron chi connectivity index (χ4n) is 2.02. The number of carbonyl (C=O) groups is 1. The molecule has 1 atom stereocenters. The van der Waals surface area contributed by atoms with Crippen LogP contribution in [0.5, 0.6) is 0 Å². The van der Waals surface area contributed by atoms with Crippen molar-refractivity contribution in [3.05, 3.63) is 44.1 Å². The van der Waals surface area contributed by atoms with Crippen molar-refractivity contribution in [2.45, 2.75) is 40.0 Å². The summed E-state index contributed by atoms with van der Waals surface area (Å²) in [6.45, 7) is 6.89. The summed E-state index contributed by atoms with van der Waals surface area (Å²) in [6.07, 6.45) is 2.31. The summed E-state index contributed by atoms with van der Waals surface area (Å²) in [5.74, 6) is 0.413. The quantitative estimate of drug-likeness (QED) is 0.669. The van der Waals surface area contributed by atoms with Crippen molar-refractivity contribution in [2.24, 2.45) is 10.9 Å². The standard InChI is InChI=1S/C18H23NO2S2/c1-4-13(2)9-10-21-17(20)11-15-7-5-6-8-16(15)19-18-22-12-14(3)23-18/h5-8,12-13H,4,9-11H2,1-3H3. The van der Waals surface area contributed by atoms with Gasteiger partial charge in [-0.1, -0.05) is 38.5 Å². The number of nitrogens with zero attached hydrogens (tertiary/aromatic N) is 1. The van der Waals surface area contributed by atoms with Gasteiger partial charge in [-0.05, 0) is 30.9 Å². The molecule has 23 heavy (non-hydrogen) atoms. The zero-order valence-electron chi connectivity index (χ0n) is 13.9. The molecule has 0 aliphatic heterocycles. The van der Waals surface area contributed by atoms with E-state index < -0.39 is 0 Å². The van der Waals surface area contributed by atoms with Crippen LogP contribution < -0.4 is 3.98 Å². The molecular weight excluding hydrogens is 326 g/mol. The van der Waals surface area contributed by atoms with Gasteiger partial charge in [-0.2, -0.15) is 0 Å². The number of hydrogen-bond acceptors (Lipinski definition) is 5. The van der Waals surface area contributed by atoms with Gasteiger partial charge in [0, 0.05) is 10.3 Å². The average Bonchev–Trinajstić information content (AvgIpc) is 2.94. The van der Waals surface area contributed by atoms with Crippen LogP contribution in [0.4, 0.5) is 5.69 Å². The first-order valence-electron chi connectivity index (χ1n) is 7.92. The summed E-state index contributed by atoms with van der Waals surface area (Å²) in [7, 11) is 0. The van der Waals surface area contributed by atoms with Crippen LogP contribution in [0, 0.1) is 12.8 Å². The smallest absolute Gasteiger partial charge is 0.310 e. The summed E-state index contributed by atoms with van der Waals surface area (Å²) in [6, 6.07) is 7.77. The van der Waals surface area contributed by atoms with Gasteiger partial charge in [0.15, 0.2) is 3.98 Å². The van der Waals surface area contributed by atoms with Crippen molar-refractivity contribution in [3.63, 3.8) is 0 Å². The molecule has 1 heterocycles. The van der Waals surface area contributed by atoms with Crippen molar-refractivity contribution < 1.29 is 9.53 Å². The van der Waals surface area contributed by atoms with Gasteiger partial charge >= 0.3 is 5.97 Å². The molecule has 0 bridgehead atoms. The molecule has 1 aromatic carbocycles. The molecule has 1 unspecified atom stereocenters. The van der Waals surface area contributed by atoms with Crippen LogP contribution >= 0.6 is 22.7 Å². The van der Waals surface area contributed by atoms with Crippen LogP contribution in [-0.2, 0) is 16.0 Å². The molecule has 0 aliphatic rings. The molecule has 0 saturated carbocycles. The van der Waals surface area contributed by atoms with E-state index in [4.69, 9.17) is 4.74 Å². The third kappa shape index (κ3) is 5.92. The Hall–Kier alpha value is -1.46. The number of benzene rings is 1. The molecule has 2 aromatic rings. The van der Waals surface area contributed by atoms with Crippen molar-refractivity contribution in [1.29, 1.82) is 0 Å². The Labute approximate surface area is 145 Å². The van der Waals surface area contributed by atoms with E-state index in [1.807, 2.05) is 24.3 Å². The minimum absolute atomic E-state index is 0.179. The summed E-state index contributed by atoms with van der Waals surface area (Å²) >= 11 is 3.29. The average molecular weight is 350 g/mol. The van der Waals surface area contributed by atoms with E-state index in [1.165, 1.54) is 4.88 Å². The highest BCUT2D eigenvalue weighted by molar-refractivity contribution is 7.26. The summed E-state index contributed by atoms with van der Waals surface area (Å²) in [4.78, 5) is 17.9. The minimum Gasteiger partial charge on any atom is -0.465 e. The van der Waals surface area contributed by atoms with Crippen LogP contribution in [0.3, 0.4) is 0 Å².